The van der Waals surface area contributed by atoms with Crippen LogP contribution in [0.1, 0.15) is 23.7 Å². The summed E-state index contributed by atoms with van der Waals surface area (Å²) < 4.78 is 15.0. The Kier molecular flexibility index (Phi) is 5.84. The lowest BCUT2D eigenvalue weighted by Gasteiger charge is -2.14. The van der Waals surface area contributed by atoms with Gasteiger partial charge in [0.25, 0.3) is 11.5 Å². The zero-order valence-corrected chi connectivity index (χ0v) is 15.4. The van der Waals surface area contributed by atoms with Gasteiger partial charge in [-0.3, -0.25) is 19.0 Å². The van der Waals surface area contributed by atoms with Gasteiger partial charge in [-0.05, 0) is 24.6 Å². The van der Waals surface area contributed by atoms with E-state index >= 15 is 0 Å². The summed E-state index contributed by atoms with van der Waals surface area (Å²) in [5.74, 6) is -1.44. The van der Waals surface area contributed by atoms with Crippen molar-refractivity contribution in [2.45, 2.75) is 19.9 Å². The van der Waals surface area contributed by atoms with Crippen molar-refractivity contribution in [2.24, 2.45) is 0 Å². The molecule has 1 heterocycles. The van der Waals surface area contributed by atoms with Gasteiger partial charge in [0.2, 0.25) is 5.91 Å². The standard InChI is InChI=1S/C21H20FN3O3/c1-2-11-23-21(28)15-12-20(27)25(18-10-6-3-7-14(15)18)13-19(26)24-17-9-5-4-8-16(17)22/h3-10,12H,2,11,13H2,1H3,(H,23,28)(H,24,26). The van der Waals surface area contributed by atoms with Gasteiger partial charge in [0.1, 0.15) is 12.4 Å². The first-order valence-electron chi connectivity index (χ1n) is 8.96. The number of pyridine rings is 1. The van der Waals surface area contributed by atoms with E-state index in [1.54, 1.807) is 30.3 Å². The van der Waals surface area contributed by atoms with Gasteiger partial charge in [0.05, 0.1) is 16.8 Å². The molecule has 0 aliphatic carbocycles. The second-order valence-electron chi connectivity index (χ2n) is 6.28. The molecule has 6 nitrogen and oxygen atoms in total. The average molecular weight is 381 g/mol. The molecule has 0 fully saturated rings. The molecule has 0 saturated carbocycles. The lowest BCUT2D eigenvalue weighted by atomic mass is 10.1. The molecular weight excluding hydrogens is 361 g/mol. The van der Waals surface area contributed by atoms with Crippen molar-refractivity contribution in [1.82, 2.24) is 9.88 Å². The molecule has 0 aliphatic rings. The minimum Gasteiger partial charge on any atom is -0.352 e. The summed E-state index contributed by atoms with van der Waals surface area (Å²) in [6, 6.07) is 13.9. The van der Waals surface area contributed by atoms with E-state index in [1.165, 1.54) is 28.8 Å². The van der Waals surface area contributed by atoms with Crippen LogP contribution in [0.4, 0.5) is 10.1 Å². The van der Waals surface area contributed by atoms with E-state index in [0.717, 1.165) is 6.42 Å². The summed E-state index contributed by atoms with van der Waals surface area (Å²) in [7, 11) is 0. The quantitative estimate of drug-likeness (QED) is 0.689. The van der Waals surface area contributed by atoms with Crippen molar-refractivity contribution in [3.05, 3.63) is 76.3 Å². The molecule has 144 valence electrons. The fourth-order valence-corrected chi connectivity index (χ4v) is 2.92. The second-order valence-corrected chi connectivity index (χ2v) is 6.28. The van der Waals surface area contributed by atoms with Crippen LogP contribution in [0.5, 0.6) is 0 Å². The van der Waals surface area contributed by atoms with Gasteiger partial charge in [-0.1, -0.05) is 37.3 Å². The van der Waals surface area contributed by atoms with Crippen molar-refractivity contribution < 1.29 is 14.0 Å². The van der Waals surface area contributed by atoms with Crippen LogP contribution in [-0.4, -0.2) is 22.9 Å². The molecule has 0 aliphatic heterocycles. The maximum Gasteiger partial charge on any atom is 0.252 e. The maximum atomic E-state index is 13.7. The molecule has 0 bridgehead atoms. The molecule has 0 radical (unpaired) electrons. The van der Waals surface area contributed by atoms with E-state index in [2.05, 4.69) is 10.6 Å². The number of aromatic nitrogens is 1. The molecule has 28 heavy (non-hydrogen) atoms. The Balaban J connectivity index is 1.95. The largest absolute Gasteiger partial charge is 0.352 e. The Morgan fingerprint density at radius 1 is 1.07 bits per heavy atom. The summed E-state index contributed by atoms with van der Waals surface area (Å²) in [5, 5.41) is 5.79. The molecule has 2 aromatic carbocycles. The number of para-hydroxylation sites is 2. The number of amides is 2. The predicted octanol–water partition coefficient (Wildman–Crippen LogP) is 2.92. The number of halogens is 1. The van der Waals surface area contributed by atoms with Crippen molar-refractivity contribution in [3.8, 4) is 0 Å². The molecule has 2 N–H and O–H groups in total. The first-order chi connectivity index (χ1) is 13.5. The third-order valence-corrected chi connectivity index (χ3v) is 4.25. The number of nitrogens with one attached hydrogen (secondary N) is 2. The monoisotopic (exact) mass is 381 g/mol. The van der Waals surface area contributed by atoms with Gasteiger partial charge in [0, 0.05) is 18.0 Å². The van der Waals surface area contributed by atoms with Crippen LogP contribution in [0.3, 0.4) is 0 Å². The summed E-state index contributed by atoms with van der Waals surface area (Å²) >= 11 is 0. The molecule has 1 aromatic heterocycles. The number of anilines is 1. The molecule has 7 heteroatoms. The van der Waals surface area contributed by atoms with E-state index in [0.29, 0.717) is 17.4 Å². The highest BCUT2D eigenvalue weighted by Crippen LogP contribution is 2.18. The lowest BCUT2D eigenvalue weighted by Crippen LogP contribution is -2.31. The lowest BCUT2D eigenvalue weighted by molar-refractivity contribution is -0.116. The highest BCUT2D eigenvalue weighted by atomic mass is 19.1. The molecule has 3 rings (SSSR count). The fraction of sp³-hybridized carbons (Fsp3) is 0.190. The molecule has 0 unspecified atom stereocenters. The first kappa shape index (κ1) is 19.3. The second kappa shape index (κ2) is 8.47. The number of hydrogen-bond donors (Lipinski definition) is 2. The number of hydrogen-bond acceptors (Lipinski definition) is 3. The van der Waals surface area contributed by atoms with Crippen LogP contribution in [-0.2, 0) is 11.3 Å². The van der Waals surface area contributed by atoms with Gasteiger partial charge in [0.15, 0.2) is 0 Å². The molecular formula is C21H20FN3O3. The van der Waals surface area contributed by atoms with E-state index in [9.17, 15) is 18.8 Å². The van der Waals surface area contributed by atoms with Crippen LogP contribution in [0.15, 0.2) is 59.4 Å². The minimum atomic E-state index is -0.559. The van der Waals surface area contributed by atoms with Gasteiger partial charge >= 0.3 is 0 Å². The highest BCUT2D eigenvalue weighted by Gasteiger charge is 2.16. The SMILES string of the molecule is CCCNC(=O)c1cc(=O)n(CC(=O)Nc2ccccc2F)c2ccccc12. The number of carbonyl (C=O) groups excluding carboxylic acids is 2. The Morgan fingerprint density at radius 2 is 1.79 bits per heavy atom. The summed E-state index contributed by atoms with van der Waals surface area (Å²) in [5.41, 5.74) is 0.282. The molecule has 0 spiro atoms. The highest BCUT2D eigenvalue weighted by molar-refractivity contribution is 6.06. The fourth-order valence-electron chi connectivity index (χ4n) is 2.92. The molecule has 3 aromatic rings. The Bertz CT molecular complexity index is 1090. The third kappa shape index (κ3) is 4.09. The van der Waals surface area contributed by atoms with Crippen molar-refractivity contribution in [2.75, 3.05) is 11.9 Å². The van der Waals surface area contributed by atoms with E-state index in [1.807, 2.05) is 6.92 Å². The topological polar surface area (TPSA) is 80.2 Å². The number of nitrogens with zero attached hydrogens (tertiary/aromatic N) is 1. The molecule has 0 saturated heterocycles. The summed E-state index contributed by atoms with van der Waals surface area (Å²) in [4.78, 5) is 37.4. The Morgan fingerprint density at radius 3 is 2.54 bits per heavy atom. The average Bonchev–Trinajstić information content (AvgIpc) is 2.69. The molecule has 2 amide bonds. The Labute approximate surface area is 161 Å². The van der Waals surface area contributed by atoms with Crippen molar-refractivity contribution in [3.63, 3.8) is 0 Å². The van der Waals surface area contributed by atoms with Crippen molar-refractivity contribution >= 4 is 28.4 Å². The van der Waals surface area contributed by atoms with Gasteiger partial charge in [-0.25, -0.2) is 4.39 Å². The normalized spacial score (nSPS) is 10.6. The number of fused-ring (bicyclic) bond motifs is 1. The van der Waals surface area contributed by atoms with Crippen LogP contribution in [0.25, 0.3) is 10.9 Å². The van der Waals surface area contributed by atoms with E-state index in [-0.39, 0.29) is 23.7 Å². The van der Waals surface area contributed by atoms with Crippen molar-refractivity contribution in [1.29, 1.82) is 0 Å². The van der Waals surface area contributed by atoms with Crippen LogP contribution < -0.4 is 16.2 Å². The first-order valence-corrected chi connectivity index (χ1v) is 8.96. The third-order valence-electron chi connectivity index (χ3n) is 4.25. The number of carbonyl (C=O) groups is 2. The summed E-state index contributed by atoms with van der Waals surface area (Å²) in [6.07, 6.45) is 0.775. The smallest absolute Gasteiger partial charge is 0.252 e. The van der Waals surface area contributed by atoms with Crippen LogP contribution in [0.2, 0.25) is 0 Å². The zero-order chi connectivity index (χ0) is 20.1. The maximum absolute atomic E-state index is 13.7. The van der Waals surface area contributed by atoms with Gasteiger partial charge < -0.3 is 10.6 Å². The van der Waals surface area contributed by atoms with E-state index in [4.69, 9.17) is 0 Å². The van der Waals surface area contributed by atoms with Gasteiger partial charge in [-0.15, -0.1) is 0 Å². The summed E-state index contributed by atoms with van der Waals surface area (Å²) in [6.45, 7) is 2.14. The molecule has 0 atom stereocenters. The van der Waals surface area contributed by atoms with E-state index < -0.39 is 17.3 Å². The number of benzene rings is 2. The van der Waals surface area contributed by atoms with Gasteiger partial charge in [-0.2, -0.15) is 0 Å². The van der Waals surface area contributed by atoms with Crippen LogP contribution in [0, 0.1) is 5.82 Å². The zero-order valence-electron chi connectivity index (χ0n) is 15.4. The Hall–Kier alpha value is -3.48. The van der Waals surface area contributed by atoms with Crippen LogP contribution >= 0.6 is 0 Å². The number of rotatable bonds is 6. The minimum absolute atomic E-state index is 0.0421. The predicted molar refractivity (Wildman–Crippen MR) is 106 cm³/mol.